The molecular weight excluding hydrogens is 516 g/mol. The number of hydrogen-bond donors (Lipinski definition) is 2. The average Bonchev–Trinajstić information content (AvgIpc) is 3.06. The molecule has 2 aromatic rings. The molecule has 2 bridgehead atoms. The molecule has 1 amide bonds. The zero-order valence-corrected chi connectivity index (χ0v) is 23.9. The molecule has 0 radical (unpaired) electrons. The summed E-state index contributed by atoms with van der Waals surface area (Å²) in [6.45, 7) is 4.58. The molecule has 4 aliphatic rings. The van der Waals surface area contributed by atoms with Gasteiger partial charge in [-0.2, -0.15) is 0 Å². The molecule has 38 heavy (non-hydrogen) atoms. The number of carbonyl (C=O) groups is 1. The smallest absolute Gasteiger partial charge is 0.261 e. The van der Waals surface area contributed by atoms with Crippen molar-refractivity contribution >= 4 is 35.1 Å². The van der Waals surface area contributed by atoms with E-state index in [1.54, 1.807) is 0 Å². The number of ether oxygens (including phenoxy) is 1. The van der Waals surface area contributed by atoms with Gasteiger partial charge in [0.15, 0.2) is 0 Å². The minimum Gasteiger partial charge on any atom is -0.490 e. The number of carbonyl (C=O) groups excluding carboxylic acids is 1. The minimum atomic E-state index is -0.276. The van der Waals surface area contributed by atoms with Gasteiger partial charge >= 0.3 is 0 Å². The van der Waals surface area contributed by atoms with E-state index >= 15 is 0 Å². The first-order chi connectivity index (χ1) is 18.4. The van der Waals surface area contributed by atoms with E-state index in [4.69, 9.17) is 16.3 Å². The summed E-state index contributed by atoms with van der Waals surface area (Å²) in [7, 11) is 0. The van der Waals surface area contributed by atoms with Crippen molar-refractivity contribution in [3.05, 3.63) is 58.1 Å². The van der Waals surface area contributed by atoms with Crippen LogP contribution < -0.4 is 14.4 Å². The van der Waals surface area contributed by atoms with Crippen LogP contribution in [0, 0.1) is 11.3 Å². The lowest BCUT2D eigenvalue weighted by molar-refractivity contribution is -0.0757. The zero-order chi connectivity index (χ0) is 26.3. The number of aliphatic hydroxyl groups is 1. The van der Waals surface area contributed by atoms with Crippen LogP contribution in [0.25, 0.3) is 0 Å². The largest absolute Gasteiger partial charge is 0.490 e. The van der Waals surface area contributed by atoms with Crippen LogP contribution in [0.1, 0.15) is 79.8 Å². The summed E-state index contributed by atoms with van der Waals surface area (Å²) in [6, 6.07) is 12.2. The number of fused-ring (bicyclic) bond motifs is 4. The molecule has 4 atom stereocenters. The predicted molar refractivity (Wildman–Crippen MR) is 155 cm³/mol. The standard InChI is InChI=1S/C31H39ClN2O3S/c1-30-14-12-23(30)18-34-19-31(13-5-6-21-16-24(32)9-10-25(21)31)20-37-27-11-8-22(17-26(27)34)29(36)33-38-15-4-2-3-7-28(30)35/h8-11,16-17,23,28,35H,2-7,12-15,18-20H2,1H3,(H,33,36)/t23-,28+,30+,31+/m1/s1. The van der Waals surface area contributed by atoms with E-state index in [0.29, 0.717) is 18.1 Å². The van der Waals surface area contributed by atoms with Crippen LogP contribution in [0.4, 0.5) is 5.69 Å². The monoisotopic (exact) mass is 554 g/mol. The van der Waals surface area contributed by atoms with Crippen LogP contribution in [0.15, 0.2) is 36.4 Å². The van der Waals surface area contributed by atoms with Crippen molar-refractivity contribution in [3.8, 4) is 5.75 Å². The minimum absolute atomic E-state index is 0.0506. The lowest BCUT2D eigenvalue weighted by Gasteiger charge is -2.53. The molecule has 2 aliphatic carbocycles. The van der Waals surface area contributed by atoms with Crippen LogP contribution in [0.5, 0.6) is 5.75 Å². The molecule has 0 unspecified atom stereocenters. The third-order valence-electron chi connectivity index (χ3n) is 9.85. The van der Waals surface area contributed by atoms with Gasteiger partial charge in [-0.1, -0.05) is 49.4 Å². The highest BCUT2D eigenvalue weighted by atomic mass is 35.5. The van der Waals surface area contributed by atoms with Crippen LogP contribution in [-0.2, 0) is 11.8 Å². The summed E-state index contributed by atoms with van der Waals surface area (Å²) in [5.74, 6) is 2.07. The van der Waals surface area contributed by atoms with Gasteiger partial charge in [-0.3, -0.25) is 9.52 Å². The molecule has 2 aromatic carbocycles. The third-order valence-corrected chi connectivity index (χ3v) is 10.9. The highest BCUT2D eigenvalue weighted by Gasteiger charge is 2.49. The number of amides is 1. The highest BCUT2D eigenvalue weighted by molar-refractivity contribution is 7.97. The number of nitrogens with one attached hydrogen (secondary N) is 1. The molecule has 2 aliphatic heterocycles. The number of halogens is 1. The second-order valence-corrected chi connectivity index (χ2v) is 13.5. The summed E-state index contributed by atoms with van der Waals surface area (Å²) in [4.78, 5) is 15.5. The Kier molecular flexibility index (Phi) is 7.34. The Morgan fingerprint density at radius 1 is 1.11 bits per heavy atom. The Morgan fingerprint density at radius 2 is 2.00 bits per heavy atom. The molecule has 0 aromatic heterocycles. The summed E-state index contributed by atoms with van der Waals surface area (Å²) in [6.07, 6.45) is 9.12. The third kappa shape index (κ3) is 4.82. The SMILES string of the molecule is C[C@]12CC[C@@H]1CN1C[C@@]3(CCCc4cc(Cl)ccc43)COc3ccc(cc31)C(=O)NSCCCCC[C@@H]2O. The van der Waals surface area contributed by atoms with Crippen LogP contribution in [0.3, 0.4) is 0 Å². The van der Waals surface area contributed by atoms with E-state index in [1.165, 1.54) is 23.1 Å². The van der Waals surface area contributed by atoms with E-state index in [1.807, 2.05) is 24.3 Å². The van der Waals surface area contributed by atoms with Gasteiger partial charge in [-0.15, -0.1) is 0 Å². The molecule has 0 saturated heterocycles. The average molecular weight is 555 g/mol. The Hall–Kier alpha value is -1.89. The summed E-state index contributed by atoms with van der Waals surface area (Å²) >= 11 is 7.88. The van der Waals surface area contributed by atoms with Crippen molar-refractivity contribution in [2.45, 2.75) is 76.2 Å². The fourth-order valence-corrected chi connectivity index (χ4v) is 8.15. The summed E-state index contributed by atoms with van der Waals surface area (Å²) < 4.78 is 9.63. The van der Waals surface area contributed by atoms with Gasteiger partial charge in [0.1, 0.15) is 5.75 Å². The summed E-state index contributed by atoms with van der Waals surface area (Å²) in [5.41, 5.74) is 4.12. The number of aliphatic hydroxyl groups excluding tert-OH is 1. The van der Waals surface area contributed by atoms with Gasteiger partial charge in [0, 0.05) is 34.8 Å². The van der Waals surface area contributed by atoms with Crippen molar-refractivity contribution in [1.82, 2.24) is 4.72 Å². The Morgan fingerprint density at radius 3 is 2.84 bits per heavy atom. The van der Waals surface area contributed by atoms with E-state index in [-0.39, 0.29) is 22.8 Å². The second-order valence-electron chi connectivity index (χ2n) is 12.2. The Balaban J connectivity index is 1.40. The van der Waals surface area contributed by atoms with Crippen LogP contribution in [0.2, 0.25) is 5.02 Å². The van der Waals surface area contributed by atoms with E-state index in [2.05, 4.69) is 28.7 Å². The van der Waals surface area contributed by atoms with Crippen molar-refractivity contribution in [3.63, 3.8) is 0 Å². The van der Waals surface area contributed by atoms with E-state index in [0.717, 1.165) is 93.1 Å². The van der Waals surface area contributed by atoms with Crippen LogP contribution in [-0.4, -0.2) is 42.6 Å². The number of hydrogen-bond acceptors (Lipinski definition) is 5. The summed E-state index contributed by atoms with van der Waals surface area (Å²) in [5, 5.41) is 12.1. The topological polar surface area (TPSA) is 61.8 Å². The van der Waals surface area contributed by atoms with Gasteiger partial charge in [-0.05, 0) is 97.7 Å². The Bertz CT molecular complexity index is 1210. The maximum atomic E-state index is 13.1. The molecule has 1 fully saturated rings. The maximum absolute atomic E-state index is 13.1. The molecular formula is C31H39ClN2O3S. The van der Waals surface area contributed by atoms with E-state index in [9.17, 15) is 9.90 Å². The fourth-order valence-electron chi connectivity index (χ4n) is 7.26. The highest BCUT2D eigenvalue weighted by Crippen LogP contribution is 2.52. The molecule has 5 nitrogen and oxygen atoms in total. The number of nitrogens with zero attached hydrogens (tertiary/aromatic N) is 1. The van der Waals surface area contributed by atoms with Crippen LogP contribution >= 0.6 is 23.5 Å². The molecule has 2 heterocycles. The number of anilines is 1. The first-order valence-corrected chi connectivity index (χ1v) is 15.7. The fraction of sp³-hybridized carbons (Fsp3) is 0.581. The van der Waals surface area contributed by atoms with Gasteiger partial charge < -0.3 is 14.7 Å². The van der Waals surface area contributed by atoms with Crippen molar-refractivity contribution < 1.29 is 14.6 Å². The number of benzene rings is 2. The van der Waals surface area contributed by atoms with Gasteiger partial charge in [0.25, 0.3) is 5.91 Å². The molecule has 1 spiro atoms. The first kappa shape index (κ1) is 26.3. The lowest BCUT2D eigenvalue weighted by atomic mass is 9.57. The lowest BCUT2D eigenvalue weighted by Crippen LogP contribution is -2.54. The molecule has 7 heteroatoms. The normalized spacial score (nSPS) is 31.8. The predicted octanol–water partition coefficient (Wildman–Crippen LogP) is 6.54. The van der Waals surface area contributed by atoms with Gasteiger partial charge in [0.2, 0.25) is 0 Å². The van der Waals surface area contributed by atoms with Crippen molar-refractivity contribution in [1.29, 1.82) is 0 Å². The van der Waals surface area contributed by atoms with Gasteiger partial charge in [-0.25, -0.2) is 0 Å². The van der Waals surface area contributed by atoms with Crippen molar-refractivity contribution in [2.24, 2.45) is 11.3 Å². The first-order valence-electron chi connectivity index (χ1n) is 14.3. The van der Waals surface area contributed by atoms with Crippen molar-refractivity contribution in [2.75, 3.05) is 30.3 Å². The number of rotatable bonds is 0. The molecule has 204 valence electrons. The molecule has 6 rings (SSSR count). The number of aryl methyl sites for hydroxylation is 1. The van der Waals surface area contributed by atoms with E-state index < -0.39 is 0 Å². The molecule has 2 N–H and O–H groups in total. The second kappa shape index (κ2) is 10.6. The molecule has 1 saturated carbocycles. The Labute approximate surface area is 235 Å². The zero-order valence-electron chi connectivity index (χ0n) is 22.3. The quantitative estimate of drug-likeness (QED) is 0.362. The maximum Gasteiger partial charge on any atom is 0.261 e. The van der Waals surface area contributed by atoms with Gasteiger partial charge in [0.05, 0.1) is 18.4 Å².